The third kappa shape index (κ3) is 7.59. The summed E-state index contributed by atoms with van der Waals surface area (Å²) in [4.78, 5) is 45.8. The van der Waals surface area contributed by atoms with Crippen LogP contribution in [0.1, 0.15) is 40.0 Å². The van der Waals surface area contributed by atoms with Crippen LogP contribution in [0.25, 0.3) is 0 Å². The van der Waals surface area contributed by atoms with Crippen LogP contribution in [-0.2, 0) is 19.2 Å². The summed E-state index contributed by atoms with van der Waals surface area (Å²) in [5, 5.41) is 22.6. The molecule has 0 rings (SSSR count). The van der Waals surface area contributed by atoms with Crippen LogP contribution in [0, 0.1) is 5.92 Å². The summed E-state index contributed by atoms with van der Waals surface area (Å²) in [6, 6.07) is -3.15. The summed E-state index contributed by atoms with van der Waals surface area (Å²) in [5.74, 6) is -4.00. The highest BCUT2D eigenvalue weighted by Crippen LogP contribution is 2.09. The number of nitrogens with two attached hydrogens (primary N) is 1. The average molecular weight is 331 g/mol. The first-order chi connectivity index (χ1) is 10.6. The summed E-state index contributed by atoms with van der Waals surface area (Å²) in [5.41, 5.74) is 5.41. The van der Waals surface area contributed by atoms with Crippen LogP contribution in [0.15, 0.2) is 0 Å². The first-order valence-electron chi connectivity index (χ1n) is 7.41. The third-order valence-electron chi connectivity index (χ3n) is 3.47. The molecule has 0 aromatic carbocycles. The first-order valence-corrected chi connectivity index (χ1v) is 7.41. The minimum absolute atomic E-state index is 0.160. The van der Waals surface area contributed by atoms with Gasteiger partial charge in [0.05, 0.1) is 6.04 Å². The van der Waals surface area contributed by atoms with Crippen LogP contribution >= 0.6 is 0 Å². The van der Waals surface area contributed by atoms with Crippen molar-refractivity contribution in [2.45, 2.75) is 58.2 Å². The maximum absolute atomic E-state index is 12.2. The second-order valence-corrected chi connectivity index (χ2v) is 5.49. The minimum atomic E-state index is -1.19. The molecule has 0 spiro atoms. The van der Waals surface area contributed by atoms with Crippen molar-refractivity contribution in [1.29, 1.82) is 0 Å². The van der Waals surface area contributed by atoms with E-state index in [2.05, 4.69) is 10.6 Å². The standard InChI is InChI=1S/C14H25N3O6/c1-4-7(2)11(14(22)23)17-13(21)9(5-6-10(18)19)16-12(20)8(3)15/h7-9,11H,4-6,15H2,1-3H3,(H,16,20)(H,17,21)(H,18,19)(H,22,23). The Hall–Kier alpha value is -2.16. The fourth-order valence-electron chi connectivity index (χ4n) is 1.78. The van der Waals surface area contributed by atoms with Crippen molar-refractivity contribution >= 4 is 23.8 Å². The van der Waals surface area contributed by atoms with Crippen molar-refractivity contribution in [2.75, 3.05) is 0 Å². The molecule has 0 fully saturated rings. The fraction of sp³-hybridized carbons (Fsp3) is 0.714. The van der Waals surface area contributed by atoms with Gasteiger partial charge in [-0.05, 0) is 19.3 Å². The van der Waals surface area contributed by atoms with E-state index in [0.29, 0.717) is 6.42 Å². The SMILES string of the molecule is CCC(C)C(NC(=O)C(CCC(=O)O)NC(=O)C(C)N)C(=O)O. The summed E-state index contributed by atoms with van der Waals surface area (Å²) in [6.07, 6.45) is 0.0219. The number of rotatable bonds is 10. The van der Waals surface area contributed by atoms with E-state index < -0.39 is 41.9 Å². The van der Waals surface area contributed by atoms with Gasteiger partial charge in [0.2, 0.25) is 11.8 Å². The molecule has 0 saturated carbocycles. The van der Waals surface area contributed by atoms with Crippen LogP contribution in [0.2, 0.25) is 0 Å². The van der Waals surface area contributed by atoms with Gasteiger partial charge in [-0.2, -0.15) is 0 Å². The fourth-order valence-corrected chi connectivity index (χ4v) is 1.78. The van der Waals surface area contributed by atoms with Gasteiger partial charge in [0.1, 0.15) is 12.1 Å². The van der Waals surface area contributed by atoms with Crippen molar-refractivity contribution < 1.29 is 29.4 Å². The average Bonchev–Trinajstić information content (AvgIpc) is 2.46. The molecule has 0 aromatic rings. The number of aliphatic carboxylic acids is 2. The summed E-state index contributed by atoms with van der Waals surface area (Å²) in [7, 11) is 0. The van der Waals surface area contributed by atoms with E-state index >= 15 is 0 Å². The molecule has 0 aliphatic rings. The topological polar surface area (TPSA) is 159 Å². The molecular formula is C14H25N3O6. The largest absolute Gasteiger partial charge is 0.481 e. The molecule has 132 valence electrons. The van der Waals surface area contributed by atoms with Crippen LogP contribution in [0.4, 0.5) is 0 Å². The Labute approximate surface area is 134 Å². The molecule has 0 aliphatic carbocycles. The Kier molecular flexibility index (Phi) is 8.86. The van der Waals surface area contributed by atoms with Crippen LogP contribution in [0.5, 0.6) is 0 Å². The van der Waals surface area contributed by atoms with Gasteiger partial charge in [0.15, 0.2) is 0 Å². The Morgan fingerprint density at radius 2 is 1.61 bits per heavy atom. The monoisotopic (exact) mass is 331 g/mol. The molecule has 6 N–H and O–H groups in total. The van der Waals surface area contributed by atoms with E-state index in [4.69, 9.17) is 10.8 Å². The number of hydrogen-bond donors (Lipinski definition) is 5. The van der Waals surface area contributed by atoms with Crippen molar-refractivity contribution in [3.8, 4) is 0 Å². The van der Waals surface area contributed by atoms with E-state index in [1.54, 1.807) is 13.8 Å². The normalized spacial score (nSPS) is 15.8. The van der Waals surface area contributed by atoms with E-state index in [9.17, 15) is 24.3 Å². The highest BCUT2D eigenvalue weighted by molar-refractivity contribution is 5.91. The van der Waals surface area contributed by atoms with Crippen molar-refractivity contribution in [1.82, 2.24) is 10.6 Å². The van der Waals surface area contributed by atoms with E-state index in [1.807, 2.05) is 0 Å². The molecule has 9 nitrogen and oxygen atoms in total. The van der Waals surface area contributed by atoms with Gasteiger partial charge in [-0.15, -0.1) is 0 Å². The van der Waals surface area contributed by atoms with Gasteiger partial charge in [0, 0.05) is 6.42 Å². The zero-order valence-electron chi connectivity index (χ0n) is 13.5. The van der Waals surface area contributed by atoms with E-state index in [0.717, 1.165) is 0 Å². The third-order valence-corrected chi connectivity index (χ3v) is 3.47. The van der Waals surface area contributed by atoms with Gasteiger partial charge in [0.25, 0.3) is 0 Å². The number of carboxylic acids is 2. The predicted octanol–water partition coefficient (Wildman–Crippen LogP) is -0.701. The Balaban J connectivity index is 5.04. The molecule has 0 saturated heterocycles. The number of hydrogen-bond acceptors (Lipinski definition) is 5. The lowest BCUT2D eigenvalue weighted by Gasteiger charge is -2.24. The van der Waals surface area contributed by atoms with Crippen molar-refractivity contribution in [3.63, 3.8) is 0 Å². The lowest BCUT2D eigenvalue weighted by molar-refractivity contribution is -0.144. The summed E-state index contributed by atoms with van der Waals surface area (Å²) in [6.45, 7) is 4.87. The second kappa shape index (κ2) is 9.78. The summed E-state index contributed by atoms with van der Waals surface area (Å²) < 4.78 is 0. The lowest BCUT2D eigenvalue weighted by atomic mass is 9.98. The number of carbonyl (C=O) groups is 4. The molecule has 0 radical (unpaired) electrons. The molecule has 4 atom stereocenters. The number of carbonyl (C=O) groups excluding carboxylic acids is 2. The Morgan fingerprint density at radius 3 is 2.00 bits per heavy atom. The van der Waals surface area contributed by atoms with Gasteiger partial charge in [-0.3, -0.25) is 14.4 Å². The maximum atomic E-state index is 12.2. The first kappa shape index (κ1) is 20.8. The zero-order chi connectivity index (χ0) is 18.2. The number of nitrogens with one attached hydrogen (secondary N) is 2. The van der Waals surface area contributed by atoms with Crippen molar-refractivity contribution in [2.24, 2.45) is 11.7 Å². The second-order valence-electron chi connectivity index (χ2n) is 5.49. The van der Waals surface area contributed by atoms with Gasteiger partial charge in [-0.25, -0.2) is 4.79 Å². The molecule has 0 heterocycles. The minimum Gasteiger partial charge on any atom is -0.481 e. The maximum Gasteiger partial charge on any atom is 0.326 e. The number of carboxylic acid groups (broad SMARTS) is 2. The van der Waals surface area contributed by atoms with Crippen molar-refractivity contribution in [3.05, 3.63) is 0 Å². The lowest BCUT2D eigenvalue weighted by Crippen LogP contribution is -2.55. The highest BCUT2D eigenvalue weighted by Gasteiger charge is 2.30. The van der Waals surface area contributed by atoms with Crippen LogP contribution < -0.4 is 16.4 Å². The van der Waals surface area contributed by atoms with Gasteiger partial charge in [-0.1, -0.05) is 20.3 Å². The number of amides is 2. The van der Waals surface area contributed by atoms with E-state index in [1.165, 1.54) is 6.92 Å². The Morgan fingerprint density at radius 1 is 1.04 bits per heavy atom. The highest BCUT2D eigenvalue weighted by atomic mass is 16.4. The molecule has 0 aromatic heterocycles. The summed E-state index contributed by atoms with van der Waals surface area (Å²) >= 11 is 0. The molecule has 4 unspecified atom stereocenters. The molecular weight excluding hydrogens is 306 g/mol. The smallest absolute Gasteiger partial charge is 0.326 e. The van der Waals surface area contributed by atoms with Gasteiger partial charge < -0.3 is 26.6 Å². The molecule has 9 heteroatoms. The Bertz CT molecular complexity index is 452. The van der Waals surface area contributed by atoms with Crippen LogP contribution in [0.3, 0.4) is 0 Å². The molecule has 0 aliphatic heterocycles. The molecule has 2 amide bonds. The zero-order valence-corrected chi connectivity index (χ0v) is 13.5. The van der Waals surface area contributed by atoms with E-state index in [-0.39, 0.29) is 18.8 Å². The van der Waals surface area contributed by atoms with Crippen LogP contribution in [-0.4, -0.2) is 52.1 Å². The molecule has 0 bridgehead atoms. The van der Waals surface area contributed by atoms with Gasteiger partial charge >= 0.3 is 11.9 Å². The molecule has 23 heavy (non-hydrogen) atoms. The quantitative estimate of drug-likeness (QED) is 0.354. The predicted molar refractivity (Wildman–Crippen MR) is 81.5 cm³/mol.